The molecule has 6 heteroatoms. The van der Waals surface area contributed by atoms with Crippen LogP contribution in [0.15, 0.2) is 30.5 Å². The third kappa shape index (κ3) is 4.89. The molecule has 0 spiro atoms. The molecule has 1 saturated heterocycles. The lowest BCUT2D eigenvalue weighted by molar-refractivity contribution is 0.0979. The molecule has 0 amide bonds. The zero-order chi connectivity index (χ0) is 22.6. The molecular formula is C27H32N4O2. The topological polar surface area (TPSA) is 73.0 Å². The zero-order valence-electron chi connectivity index (χ0n) is 19.4. The number of nitrogens with zero attached hydrogens (tertiary/aromatic N) is 4. The van der Waals surface area contributed by atoms with Crippen LogP contribution in [0, 0.1) is 24.2 Å². The highest BCUT2D eigenvalue weighted by Gasteiger charge is 2.20. The maximum Gasteiger partial charge on any atom is 0.234 e. The monoisotopic (exact) mass is 444 g/mol. The fourth-order valence-corrected chi connectivity index (χ4v) is 5.26. The summed E-state index contributed by atoms with van der Waals surface area (Å²) in [5.74, 6) is 1.93. The molecule has 2 aliphatic rings. The first kappa shape index (κ1) is 21.9. The summed E-state index contributed by atoms with van der Waals surface area (Å²) in [5.41, 5.74) is 3.64. The van der Waals surface area contributed by atoms with Gasteiger partial charge in [-0.2, -0.15) is 5.26 Å². The van der Waals surface area contributed by atoms with Gasteiger partial charge < -0.3 is 14.0 Å². The van der Waals surface area contributed by atoms with E-state index in [1.165, 1.54) is 32.1 Å². The van der Waals surface area contributed by atoms with Gasteiger partial charge in [-0.15, -0.1) is 0 Å². The Morgan fingerprint density at radius 2 is 2.00 bits per heavy atom. The van der Waals surface area contributed by atoms with Gasteiger partial charge in [0.05, 0.1) is 24.9 Å². The molecule has 1 aromatic carbocycles. The predicted octanol–water partition coefficient (Wildman–Crippen LogP) is 5.81. The molecule has 1 atom stereocenters. The van der Waals surface area contributed by atoms with Crippen molar-refractivity contribution in [3.8, 4) is 23.1 Å². The summed E-state index contributed by atoms with van der Waals surface area (Å²) in [4.78, 5) is 9.09. The third-order valence-corrected chi connectivity index (χ3v) is 7.10. The average molecular weight is 445 g/mol. The van der Waals surface area contributed by atoms with Gasteiger partial charge in [0.1, 0.15) is 17.5 Å². The highest BCUT2D eigenvalue weighted by Crippen LogP contribution is 2.32. The van der Waals surface area contributed by atoms with Crippen molar-refractivity contribution in [3.63, 3.8) is 0 Å². The largest absolute Gasteiger partial charge is 0.493 e. The van der Waals surface area contributed by atoms with Crippen molar-refractivity contribution in [2.75, 3.05) is 13.2 Å². The van der Waals surface area contributed by atoms with Crippen LogP contribution in [-0.4, -0.2) is 33.9 Å². The van der Waals surface area contributed by atoms with Gasteiger partial charge in [-0.05, 0) is 61.9 Å². The van der Waals surface area contributed by atoms with Gasteiger partial charge in [0, 0.05) is 23.8 Å². The molecular weight excluding hydrogens is 412 g/mol. The molecule has 1 saturated carbocycles. The number of ether oxygens (including phenoxy) is 2. The minimum Gasteiger partial charge on any atom is -0.493 e. The third-order valence-electron chi connectivity index (χ3n) is 7.10. The second-order valence-electron chi connectivity index (χ2n) is 9.47. The summed E-state index contributed by atoms with van der Waals surface area (Å²) >= 11 is 0. The highest BCUT2D eigenvalue weighted by molar-refractivity contribution is 5.91. The Hall–Kier alpha value is -2.91. The second kappa shape index (κ2) is 9.93. The first-order chi connectivity index (χ1) is 16.2. The predicted molar refractivity (Wildman–Crippen MR) is 128 cm³/mol. The van der Waals surface area contributed by atoms with Gasteiger partial charge >= 0.3 is 0 Å². The summed E-state index contributed by atoms with van der Waals surface area (Å²) in [6.45, 7) is 4.42. The van der Waals surface area contributed by atoms with E-state index in [-0.39, 0.29) is 11.9 Å². The molecule has 1 unspecified atom stereocenters. The Morgan fingerprint density at radius 3 is 2.76 bits per heavy atom. The van der Waals surface area contributed by atoms with Crippen LogP contribution >= 0.6 is 0 Å². The SMILES string of the molecule is Cc1cc(-c2nc(C#N)nc3c2ccn3CC2CCCO2)ccc1OCCC1CCCCC1. The quantitative estimate of drug-likeness (QED) is 0.460. The number of hydrogen-bond acceptors (Lipinski definition) is 5. The van der Waals surface area contributed by atoms with Gasteiger partial charge in [0.2, 0.25) is 5.82 Å². The molecule has 3 heterocycles. The summed E-state index contributed by atoms with van der Waals surface area (Å²) in [6.07, 6.45) is 12.3. The first-order valence-electron chi connectivity index (χ1n) is 12.3. The van der Waals surface area contributed by atoms with Crippen molar-refractivity contribution in [2.45, 2.75) is 70.9 Å². The molecule has 0 N–H and O–H groups in total. The first-order valence-corrected chi connectivity index (χ1v) is 12.3. The molecule has 2 fully saturated rings. The molecule has 5 rings (SSSR count). The summed E-state index contributed by atoms with van der Waals surface area (Å²) in [7, 11) is 0. The number of nitriles is 1. The highest BCUT2D eigenvalue weighted by atomic mass is 16.5. The molecule has 0 bridgehead atoms. The van der Waals surface area contributed by atoms with Crippen LogP contribution in [0.25, 0.3) is 22.3 Å². The number of aromatic nitrogens is 3. The lowest BCUT2D eigenvalue weighted by Gasteiger charge is -2.21. The lowest BCUT2D eigenvalue weighted by Crippen LogP contribution is -2.14. The number of rotatable bonds is 7. The second-order valence-corrected chi connectivity index (χ2v) is 9.47. The van der Waals surface area contributed by atoms with E-state index in [9.17, 15) is 5.26 Å². The number of fused-ring (bicyclic) bond motifs is 1. The fourth-order valence-electron chi connectivity index (χ4n) is 5.26. The molecule has 3 aromatic rings. The minimum absolute atomic E-state index is 0.190. The number of benzene rings is 1. The number of hydrogen-bond donors (Lipinski definition) is 0. The molecule has 1 aliphatic carbocycles. The fraction of sp³-hybridized carbons (Fsp3) is 0.519. The lowest BCUT2D eigenvalue weighted by atomic mass is 9.87. The van der Waals surface area contributed by atoms with Crippen molar-refractivity contribution in [2.24, 2.45) is 5.92 Å². The Balaban J connectivity index is 1.37. The van der Waals surface area contributed by atoms with Crippen LogP contribution in [0.3, 0.4) is 0 Å². The van der Waals surface area contributed by atoms with E-state index in [4.69, 9.17) is 9.47 Å². The normalized spacial score (nSPS) is 19.1. The molecule has 2 aromatic heterocycles. The van der Waals surface area contributed by atoms with Crippen molar-refractivity contribution in [1.29, 1.82) is 5.26 Å². The van der Waals surface area contributed by atoms with Crippen LogP contribution in [0.1, 0.15) is 62.8 Å². The van der Waals surface area contributed by atoms with E-state index >= 15 is 0 Å². The molecule has 1 aliphatic heterocycles. The molecule has 172 valence electrons. The van der Waals surface area contributed by atoms with Gasteiger partial charge in [0.25, 0.3) is 0 Å². The van der Waals surface area contributed by atoms with Crippen LogP contribution < -0.4 is 4.74 Å². The smallest absolute Gasteiger partial charge is 0.234 e. The van der Waals surface area contributed by atoms with E-state index in [1.54, 1.807) is 0 Å². The van der Waals surface area contributed by atoms with E-state index in [0.717, 1.165) is 78.5 Å². The Morgan fingerprint density at radius 1 is 1.12 bits per heavy atom. The van der Waals surface area contributed by atoms with Gasteiger partial charge in [-0.1, -0.05) is 32.1 Å². The summed E-state index contributed by atoms with van der Waals surface area (Å²) in [5, 5.41) is 10.5. The van der Waals surface area contributed by atoms with E-state index < -0.39 is 0 Å². The molecule has 6 nitrogen and oxygen atoms in total. The summed E-state index contributed by atoms with van der Waals surface area (Å²) < 4.78 is 14.0. The van der Waals surface area contributed by atoms with E-state index in [1.807, 2.05) is 24.4 Å². The van der Waals surface area contributed by atoms with Crippen molar-refractivity contribution < 1.29 is 9.47 Å². The standard InChI is InChI=1S/C27H32N4O2/c1-19-16-21(9-10-24(19)33-15-12-20-6-3-2-4-7-20)26-23-11-13-31(18-22-8-5-14-32-22)27(23)30-25(17-28)29-26/h9-11,13,16,20,22H,2-8,12,14-15,18H2,1H3. The van der Waals surface area contributed by atoms with Crippen molar-refractivity contribution in [3.05, 3.63) is 41.9 Å². The van der Waals surface area contributed by atoms with Crippen LogP contribution in [0.4, 0.5) is 0 Å². The molecule has 0 radical (unpaired) electrons. The summed E-state index contributed by atoms with van der Waals surface area (Å²) in [6, 6.07) is 10.4. The maximum absolute atomic E-state index is 9.56. The Bertz CT molecular complexity index is 1150. The molecule has 33 heavy (non-hydrogen) atoms. The van der Waals surface area contributed by atoms with E-state index in [2.05, 4.69) is 33.6 Å². The van der Waals surface area contributed by atoms with Crippen LogP contribution in [0.2, 0.25) is 0 Å². The van der Waals surface area contributed by atoms with Crippen LogP contribution in [-0.2, 0) is 11.3 Å². The van der Waals surface area contributed by atoms with Gasteiger partial charge in [0.15, 0.2) is 0 Å². The Kier molecular flexibility index (Phi) is 6.59. The Labute approximate surface area is 195 Å². The van der Waals surface area contributed by atoms with E-state index in [0.29, 0.717) is 0 Å². The van der Waals surface area contributed by atoms with Gasteiger partial charge in [-0.25, -0.2) is 9.97 Å². The number of aryl methyl sites for hydroxylation is 1. The average Bonchev–Trinajstić information content (AvgIpc) is 3.51. The maximum atomic E-state index is 9.56. The minimum atomic E-state index is 0.190. The van der Waals surface area contributed by atoms with Crippen molar-refractivity contribution >= 4 is 11.0 Å². The van der Waals surface area contributed by atoms with Gasteiger partial charge in [-0.3, -0.25) is 0 Å². The zero-order valence-corrected chi connectivity index (χ0v) is 19.4. The van der Waals surface area contributed by atoms with Crippen molar-refractivity contribution in [1.82, 2.24) is 14.5 Å². The van der Waals surface area contributed by atoms with Crippen LogP contribution in [0.5, 0.6) is 5.75 Å².